The molecule has 1 unspecified atom stereocenters. The third kappa shape index (κ3) is 2.71. The van der Waals surface area contributed by atoms with E-state index >= 15 is 0 Å². The highest BCUT2D eigenvalue weighted by molar-refractivity contribution is 7.16. The maximum absolute atomic E-state index is 6.11. The molecule has 0 saturated carbocycles. The summed E-state index contributed by atoms with van der Waals surface area (Å²) in [4.78, 5) is 1.44. The van der Waals surface area contributed by atoms with Gasteiger partial charge in [0.1, 0.15) is 5.75 Å². The summed E-state index contributed by atoms with van der Waals surface area (Å²) >= 11 is 7.83. The van der Waals surface area contributed by atoms with Crippen molar-refractivity contribution in [3.05, 3.63) is 50.7 Å². The number of aryl methyl sites for hydroxylation is 1. The van der Waals surface area contributed by atoms with Crippen LogP contribution in [0.15, 0.2) is 30.3 Å². The second-order valence-electron chi connectivity index (χ2n) is 5.19. The van der Waals surface area contributed by atoms with Gasteiger partial charge in [0.05, 0.1) is 11.4 Å². The number of thiophene rings is 1. The van der Waals surface area contributed by atoms with E-state index in [2.05, 4.69) is 30.4 Å². The molecule has 4 heteroatoms. The molecule has 2 nitrogen and oxygen atoms in total. The first-order valence-electron chi connectivity index (χ1n) is 6.85. The van der Waals surface area contributed by atoms with Gasteiger partial charge in [0.15, 0.2) is 0 Å². The molecule has 1 aromatic carbocycles. The zero-order chi connectivity index (χ0) is 14.1. The highest BCUT2D eigenvalue weighted by atomic mass is 35.5. The summed E-state index contributed by atoms with van der Waals surface area (Å²) in [6.45, 7) is 2.20. The van der Waals surface area contributed by atoms with Crippen molar-refractivity contribution in [2.45, 2.75) is 31.8 Å². The summed E-state index contributed by atoms with van der Waals surface area (Å²) in [5.41, 5.74) is 2.63. The minimum absolute atomic E-state index is 0.291. The van der Waals surface area contributed by atoms with Gasteiger partial charge in [-0.1, -0.05) is 23.7 Å². The van der Waals surface area contributed by atoms with Gasteiger partial charge in [-0.25, -0.2) is 0 Å². The zero-order valence-electron chi connectivity index (χ0n) is 11.7. The van der Waals surface area contributed by atoms with Gasteiger partial charge in [-0.2, -0.15) is 0 Å². The Bertz CT molecular complexity index is 610. The van der Waals surface area contributed by atoms with E-state index in [1.165, 1.54) is 16.0 Å². The minimum atomic E-state index is 0.291. The van der Waals surface area contributed by atoms with Crippen LogP contribution in [0.5, 0.6) is 5.75 Å². The van der Waals surface area contributed by atoms with Crippen LogP contribution in [0.3, 0.4) is 0 Å². The van der Waals surface area contributed by atoms with E-state index in [4.69, 9.17) is 16.3 Å². The normalized spacial score (nSPS) is 18.9. The summed E-state index contributed by atoms with van der Waals surface area (Å²) in [6.07, 6.45) is 2.29. The number of halogens is 1. The van der Waals surface area contributed by atoms with Crippen molar-refractivity contribution in [3.8, 4) is 5.75 Å². The van der Waals surface area contributed by atoms with E-state index in [0.29, 0.717) is 12.1 Å². The van der Waals surface area contributed by atoms with E-state index in [1.54, 1.807) is 18.4 Å². The van der Waals surface area contributed by atoms with E-state index in [1.807, 2.05) is 12.1 Å². The molecule has 1 N–H and O–H groups in total. The predicted molar refractivity (Wildman–Crippen MR) is 84.9 cm³/mol. The lowest BCUT2D eigenvalue weighted by Crippen LogP contribution is -2.22. The fourth-order valence-corrected chi connectivity index (χ4v) is 4.17. The first kappa shape index (κ1) is 13.9. The van der Waals surface area contributed by atoms with E-state index in [9.17, 15) is 0 Å². The Kier molecular flexibility index (Phi) is 4.01. The van der Waals surface area contributed by atoms with Crippen molar-refractivity contribution in [1.82, 2.24) is 5.32 Å². The molecule has 0 bridgehead atoms. The number of hydrogen-bond acceptors (Lipinski definition) is 3. The highest BCUT2D eigenvalue weighted by Gasteiger charge is 2.26. The van der Waals surface area contributed by atoms with Crippen molar-refractivity contribution in [2.24, 2.45) is 0 Å². The molecule has 2 aromatic rings. The maximum atomic E-state index is 6.11. The van der Waals surface area contributed by atoms with Crippen LogP contribution in [0.1, 0.15) is 41.4 Å². The summed E-state index contributed by atoms with van der Waals surface area (Å²) in [5, 5.41) is 3.71. The Morgan fingerprint density at radius 3 is 3.05 bits per heavy atom. The van der Waals surface area contributed by atoms with Crippen LogP contribution >= 0.6 is 22.9 Å². The predicted octanol–water partition coefficient (Wildman–Crippen LogP) is 4.75. The van der Waals surface area contributed by atoms with Crippen LogP contribution in [0.4, 0.5) is 0 Å². The molecule has 1 aliphatic carbocycles. The first-order valence-corrected chi connectivity index (χ1v) is 8.05. The molecule has 106 valence electrons. The lowest BCUT2D eigenvalue weighted by atomic mass is 10.1. The van der Waals surface area contributed by atoms with Crippen LogP contribution in [-0.4, -0.2) is 7.11 Å². The molecule has 2 atom stereocenters. The van der Waals surface area contributed by atoms with Crippen LogP contribution in [-0.2, 0) is 6.42 Å². The van der Waals surface area contributed by atoms with Crippen molar-refractivity contribution < 1.29 is 4.74 Å². The molecule has 0 amide bonds. The van der Waals surface area contributed by atoms with Gasteiger partial charge in [-0.3, -0.25) is 0 Å². The molecule has 3 rings (SSSR count). The van der Waals surface area contributed by atoms with Crippen molar-refractivity contribution in [2.75, 3.05) is 7.11 Å². The van der Waals surface area contributed by atoms with E-state index in [0.717, 1.165) is 22.9 Å². The van der Waals surface area contributed by atoms with E-state index < -0.39 is 0 Å². The third-order valence-electron chi connectivity index (χ3n) is 3.89. The molecule has 0 aliphatic heterocycles. The average molecular weight is 308 g/mol. The summed E-state index contributed by atoms with van der Waals surface area (Å²) in [5.74, 6) is 0.904. The molecule has 1 heterocycles. The number of ether oxygens (including phenoxy) is 1. The second-order valence-corrected chi connectivity index (χ2v) is 6.95. The van der Waals surface area contributed by atoms with Gasteiger partial charge in [-0.05, 0) is 49.1 Å². The van der Waals surface area contributed by atoms with Crippen LogP contribution in [0.2, 0.25) is 4.34 Å². The molecule has 1 aliphatic rings. The van der Waals surface area contributed by atoms with Crippen molar-refractivity contribution in [3.63, 3.8) is 0 Å². The Labute approximate surface area is 128 Å². The lowest BCUT2D eigenvalue weighted by Gasteiger charge is -2.20. The lowest BCUT2D eigenvalue weighted by molar-refractivity contribution is 0.411. The Balaban J connectivity index is 1.74. The van der Waals surface area contributed by atoms with Gasteiger partial charge in [0.25, 0.3) is 0 Å². The number of hydrogen-bond donors (Lipinski definition) is 1. The number of nitrogens with one attached hydrogen (secondary N) is 1. The molecule has 0 spiro atoms. The Morgan fingerprint density at radius 2 is 2.25 bits per heavy atom. The van der Waals surface area contributed by atoms with Crippen molar-refractivity contribution >= 4 is 22.9 Å². The van der Waals surface area contributed by atoms with Gasteiger partial charge in [-0.15, -0.1) is 11.3 Å². The molecule has 0 radical (unpaired) electrons. The highest BCUT2D eigenvalue weighted by Crippen LogP contribution is 2.40. The average Bonchev–Trinajstić information content (AvgIpc) is 2.99. The fraction of sp³-hybridized carbons (Fsp3) is 0.375. The summed E-state index contributed by atoms with van der Waals surface area (Å²) in [6, 6.07) is 11.1. The fourth-order valence-electron chi connectivity index (χ4n) is 2.81. The van der Waals surface area contributed by atoms with Crippen LogP contribution in [0.25, 0.3) is 0 Å². The molecular weight excluding hydrogens is 290 g/mol. The summed E-state index contributed by atoms with van der Waals surface area (Å²) < 4.78 is 6.19. The molecule has 1 aromatic heterocycles. The Morgan fingerprint density at radius 1 is 1.40 bits per heavy atom. The zero-order valence-corrected chi connectivity index (χ0v) is 13.2. The smallest absolute Gasteiger partial charge is 0.119 e. The largest absolute Gasteiger partial charge is 0.497 e. The van der Waals surface area contributed by atoms with Gasteiger partial charge >= 0.3 is 0 Å². The number of rotatable bonds is 4. The quantitative estimate of drug-likeness (QED) is 0.880. The molecule has 20 heavy (non-hydrogen) atoms. The number of benzene rings is 1. The minimum Gasteiger partial charge on any atom is -0.497 e. The second kappa shape index (κ2) is 5.76. The van der Waals surface area contributed by atoms with Gasteiger partial charge in [0.2, 0.25) is 0 Å². The topological polar surface area (TPSA) is 21.3 Å². The number of fused-ring (bicyclic) bond motifs is 1. The van der Waals surface area contributed by atoms with Crippen molar-refractivity contribution in [1.29, 1.82) is 0 Å². The molecular formula is C16H18ClNOS. The SMILES string of the molecule is COc1cccc([C@H](C)NC2CCc3sc(Cl)cc32)c1. The van der Waals surface area contributed by atoms with Crippen LogP contribution in [0, 0.1) is 0 Å². The monoisotopic (exact) mass is 307 g/mol. The van der Waals surface area contributed by atoms with Gasteiger partial charge in [0, 0.05) is 17.0 Å². The molecule has 0 saturated heterocycles. The first-order chi connectivity index (χ1) is 9.67. The summed E-state index contributed by atoms with van der Waals surface area (Å²) in [7, 11) is 1.70. The standard InChI is InChI=1S/C16H18ClNOS/c1-10(11-4-3-5-12(8-11)19-2)18-14-6-7-15-13(14)9-16(17)20-15/h3-5,8-10,14,18H,6-7H2,1-2H3/t10-,14?/m0/s1. The molecule has 0 fully saturated rings. The van der Waals surface area contributed by atoms with E-state index in [-0.39, 0.29) is 0 Å². The van der Waals surface area contributed by atoms with Crippen LogP contribution < -0.4 is 10.1 Å². The number of methoxy groups -OCH3 is 1. The Hall–Kier alpha value is -1.03. The third-order valence-corrected chi connectivity index (χ3v) is 5.23. The van der Waals surface area contributed by atoms with Gasteiger partial charge < -0.3 is 10.1 Å². The maximum Gasteiger partial charge on any atom is 0.119 e.